The van der Waals surface area contributed by atoms with Gasteiger partial charge >= 0.3 is 0 Å². The van der Waals surface area contributed by atoms with E-state index in [0.29, 0.717) is 26.2 Å². The number of benzene rings is 2. The smallest absolute Gasteiger partial charge is 0.0558 e. The summed E-state index contributed by atoms with van der Waals surface area (Å²) >= 11 is 0. The summed E-state index contributed by atoms with van der Waals surface area (Å²) in [4.78, 5) is 4.33. The number of fused-ring (bicyclic) bond motifs is 3. The van der Waals surface area contributed by atoms with Crippen molar-refractivity contribution in [3.63, 3.8) is 0 Å². The van der Waals surface area contributed by atoms with Gasteiger partial charge in [0, 0.05) is 31.6 Å². The molecule has 0 bridgehead atoms. The zero-order chi connectivity index (χ0) is 34.5. The van der Waals surface area contributed by atoms with Gasteiger partial charge in [0.1, 0.15) is 0 Å². The van der Waals surface area contributed by atoms with Gasteiger partial charge in [-0.25, -0.2) is 0 Å². The number of nitrogens with zero attached hydrogens (tertiary/aromatic N) is 2. The van der Waals surface area contributed by atoms with Gasteiger partial charge in [-0.05, 0) is 83.0 Å². The monoisotopic (exact) mass is 653 g/mol. The molecule has 0 amide bonds. The topological polar surface area (TPSA) is 87.4 Å². The minimum atomic E-state index is -0.00713. The highest BCUT2D eigenvalue weighted by Crippen LogP contribution is 2.55. The first-order valence-corrected chi connectivity index (χ1v) is 18.6. The van der Waals surface area contributed by atoms with Gasteiger partial charge in [-0.2, -0.15) is 0 Å². The van der Waals surface area contributed by atoms with Crippen LogP contribution >= 0.6 is 0 Å². The van der Waals surface area contributed by atoms with Crippen LogP contribution in [0.25, 0.3) is 11.1 Å². The van der Waals surface area contributed by atoms with Crippen molar-refractivity contribution in [3.05, 3.63) is 58.7 Å². The third-order valence-electron chi connectivity index (χ3n) is 10.4. The Morgan fingerprint density at radius 3 is 1.13 bits per heavy atom. The van der Waals surface area contributed by atoms with Gasteiger partial charge in [0.25, 0.3) is 0 Å². The molecule has 0 unspecified atom stereocenters. The van der Waals surface area contributed by atoms with E-state index in [1.54, 1.807) is 0 Å². The Kier molecular flexibility index (Phi) is 15.9. The molecule has 1 aliphatic carbocycles. The Labute approximate surface area is 287 Å². The van der Waals surface area contributed by atoms with Crippen LogP contribution in [0.5, 0.6) is 0 Å². The van der Waals surface area contributed by atoms with Crippen molar-refractivity contribution in [2.75, 3.05) is 65.7 Å². The van der Waals surface area contributed by atoms with Crippen LogP contribution in [-0.2, 0) is 16.2 Å². The summed E-state index contributed by atoms with van der Waals surface area (Å²) in [6, 6.07) is 14.6. The molecule has 266 valence electrons. The molecule has 2 aromatic carbocycles. The molecule has 6 heteroatoms. The van der Waals surface area contributed by atoms with Gasteiger partial charge in [-0.3, -0.25) is 9.80 Å². The molecule has 0 fully saturated rings. The first-order chi connectivity index (χ1) is 22.4. The first kappa shape index (κ1) is 39.6. The summed E-state index contributed by atoms with van der Waals surface area (Å²) in [6.07, 6.45) is 11.5. The number of rotatable bonds is 22. The fourth-order valence-corrected chi connectivity index (χ4v) is 7.56. The molecule has 0 radical (unpaired) electrons. The van der Waals surface area contributed by atoms with Crippen molar-refractivity contribution in [1.29, 1.82) is 0 Å². The van der Waals surface area contributed by atoms with Crippen LogP contribution in [0.3, 0.4) is 0 Å². The third kappa shape index (κ3) is 11.1. The van der Waals surface area contributed by atoms with E-state index in [9.17, 15) is 20.4 Å². The van der Waals surface area contributed by atoms with E-state index < -0.39 is 0 Å². The molecule has 4 N–H and O–H groups in total. The average Bonchev–Trinajstić information content (AvgIpc) is 3.28. The van der Waals surface area contributed by atoms with Crippen molar-refractivity contribution in [2.24, 2.45) is 0 Å². The molecular formula is C41H68N2O4. The average molecular weight is 653 g/mol. The highest BCUT2D eigenvalue weighted by Gasteiger charge is 2.43. The van der Waals surface area contributed by atoms with E-state index >= 15 is 0 Å². The number of aliphatic hydroxyl groups excluding tert-OH is 4. The second-order valence-electron chi connectivity index (χ2n) is 16.0. The number of hydrogen-bond donors (Lipinski definition) is 4. The summed E-state index contributed by atoms with van der Waals surface area (Å²) in [5, 5.41) is 37.6. The van der Waals surface area contributed by atoms with Gasteiger partial charge in [0.05, 0.1) is 26.4 Å². The Hall–Kier alpha value is -1.80. The highest BCUT2D eigenvalue weighted by molar-refractivity contribution is 5.82. The molecule has 0 heterocycles. The van der Waals surface area contributed by atoms with E-state index in [2.05, 4.69) is 87.7 Å². The minimum absolute atomic E-state index is 0.00713. The standard InChI is InChI=1S/C41H68N2O4/c1-39(2,3)33-15-17-35-36-18-16-34(40(4,5)6)32-38(36)41(37(35)31-33,19-11-7-9-13-21-42(23-27-44)24-28-45)20-12-8-10-14-22-43(25-29-46)26-30-47/h15-18,31-32,44-47H,7-14,19-30H2,1-6H3. The lowest BCUT2D eigenvalue weighted by molar-refractivity contribution is 0.159. The van der Waals surface area contributed by atoms with Crippen molar-refractivity contribution in [2.45, 2.75) is 122 Å². The van der Waals surface area contributed by atoms with E-state index in [4.69, 9.17) is 0 Å². The predicted octanol–water partition coefficient (Wildman–Crippen LogP) is 7.02. The van der Waals surface area contributed by atoms with Crippen LogP contribution in [0.4, 0.5) is 0 Å². The van der Waals surface area contributed by atoms with E-state index in [1.165, 1.54) is 59.1 Å². The maximum Gasteiger partial charge on any atom is 0.0558 e. The van der Waals surface area contributed by atoms with E-state index in [-0.39, 0.29) is 42.7 Å². The van der Waals surface area contributed by atoms with Crippen LogP contribution in [0, 0.1) is 0 Å². The van der Waals surface area contributed by atoms with E-state index in [1.807, 2.05) is 0 Å². The van der Waals surface area contributed by atoms with Gasteiger partial charge < -0.3 is 20.4 Å². The molecular weight excluding hydrogens is 584 g/mol. The number of hydrogen-bond acceptors (Lipinski definition) is 6. The molecule has 3 rings (SSSR count). The summed E-state index contributed by atoms with van der Waals surface area (Å²) in [7, 11) is 0. The quantitative estimate of drug-likeness (QED) is 0.102. The predicted molar refractivity (Wildman–Crippen MR) is 197 cm³/mol. The van der Waals surface area contributed by atoms with Crippen molar-refractivity contribution >= 4 is 0 Å². The Morgan fingerprint density at radius 1 is 0.468 bits per heavy atom. The van der Waals surface area contributed by atoms with Crippen LogP contribution in [0.1, 0.15) is 128 Å². The number of aliphatic hydroxyl groups is 4. The maximum atomic E-state index is 9.40. The molecule has 0 spiro atoms. The minimum Gasteiger partial charge on any atom is -0.395 e. The maximum absolute atomic E-state index is 9.40. The Balaban J connectivity index is 1.87. The van der Waals surface area contributed by atoms with Crippen LogP contribution in [0.15, 0.2) is 36.4 Å². The second kappa shape index (κ2) is 18.8. The van der Waals surface area contributed by atoms with Gasteiger partial charge in [0.15, 0.2) is 0 Å². The first-order valence-electron chi connectivity index (χ1n) is 18.6. The normalized spacial score (nSPS) is 14.3. The van der Waals surface area contributed by atoms with Gasteiger partial charge in [-0.15, -0.1) is 0 Å². The fourth-order valence-electron chi connectivity index (χ4n) is 7.56. The van der Waals surface area contributed by atoms with E-state index in [0.717, 1.165) is 51.6 Å². The summed E-state index contributed by atoms with van der Waals surface area (Å²) in [6.45, 7) is 18.9. The van der Waals surface area contributed by atoms with Gasteiger partial charge in [0.2, 0.25) is 0 Å². The van der Waals surface area contributed by atoms with Crippen molar-refractivity contribution < 1.29 is 20.4 Å². The molecule has 0 atom stereocenters. The lowest BCUT2D eigenvalue weighted by Crippen LogP contribution is -2.30. The zero-order valence-corrected chi connectivity index (χ0v) is 30.8. The molecule has 0 saturated heterocycles. The molecule has 6 nitrogen and oxygen atoms in total. The summed E-state index contributed by atoms with van der Waals surface area (Å²) in [5.74, 6) is 0. The Morgan fingerprint density at radius 2 is 0.809 bits per heavy atom. The second-order valence-corrected chi connectivity index (χ2v) is 16.0. The lowest BCUT2D eigenvalue weighted by atomic mass is 9.69. The molecule has 0 aromatic heterocycles. The van der Waals surface area contributed by atoms with Crippen LogP contribution in [-0.4, -0.2) is 95.9 Å². The summed E-state index contributed by atoms with van der Waals surface area (Å²) in [5.41, 5.74) is 8.86. The van der Waals surface area contributed by atoms with Crippen LogP contribution < -0.4 is 0 Å². The van der Waals surface area contributed by atoms with Crippen molar-refractivity contribution in [1.82, 2.24) is 9.80 Å². The highest BCUT2D eigenvalue weighted by atomic mass is 16.3. The van der Waals surface area contributed by atoms with Crippen LogP contribution in [0.2, 0.25) is 0 Å². The Bertz CT molecular complexity index is 1090. The van der Waals surface area contributed by atoms with Gasteiger partial charge in [-0.1, -0.05) is 116 Å². The molecule has 0 saturated carbocycles. The third-order valence-corrected chi connectivity index (χ3v) is 10.4. The largest absolute Gasteiger partial charge is 0.395 e. The fraction of sp³-hybridized carbons (Fsp3) is 0.707. The van der Waals surface area contributed by atoms with Crippen molar-refractivity contribution in [3.8, 4) is 11.1 Å². The summed E-state index contributed by atoms with van der Waals surface area (Å²) < 4.78 is 0. The number of unbranched alkanes of at least 4 members (excludes halogenated alkanes) is 6. The molecule has 2 aromatic rings. The SMILES string of the molecule is CC(C)(C)c1ccc2c(c1)C(CCCCCCN(CCO)CCO)(CCCCCCN(CCO)CCO)c1cc(C(C)(C)C)ccc1-2. The molecule has 1 aliphatic rings. The molecule has 0 aliphatic heterocycles. The lowest BCUT2D eigenvalue weighted by Gasteiger charge is -2.35. The zero-order valence-electron chi connectivity index (χ0n) is 30.8. The molecule has 47 heavy (non-hydrogen) atoms.